The number of hydrogen-bond donors (Lipinski definition) is 3. The van der Waals surface area contributed by atoms with E-state index < -0.39 is 0 Å². The molecular formula is C20H28N4O2. The molecule has 0 radical (unpaired) electrons. The van der Waals surface area contributed by atoms with E-state index in [9.17, 15) is 9.59 Å². The molecule has 2 atom stereocenters. The predicted octanol–water partition coefficient (Wildman–Crippen LogP) is 1.46. The summed E-state index contributed by atoms with van der Waals surface area (Å²) in [4.78, 5) is 26.3. The minimum absolute atomic E-state index is 0.153. The second-order valence-corrected chi connectivity index (χ2v) is 8.09. The normalized spacial score (nSPS) is 27.4. The van der Waals surface area contributed by atoms with Crippen molar-refractivity contribution in [1.82, 2.24) is 10.2 Å². The van der Waals surface area contributed by atoms with Gasteiger partial charge in [-0.25, -0.2) is 0 Å². The highest BCUT2D eigenvalue weighted by molar-refractivity contribution is 5.95. The zero-order valence-electron chi connectivity index (χ0n) is 15.2. The highest BCUT2D eigenvalue weighted by atomic mass is 16.2. The number of nitrogens with two attached hydrogens (primary N) is 1. The van der Waals surface area contributed by atoms with Crippen LogP contribution in [0.2, 0.25) is 0 Å². The molecule has 1 aromatic rings. The molecule has 26 heavy (non-hydrogen) atoms. The Morgan fingerprint density at radius 1 is 1.31 bits per heavy atom. The second-order valence-electron chi connectivity index (χ2n) is 8.09. The van der Waals surface area contributed by atoms with Crippen molar-refractivity contribution < 1.29 is 9.59 Å². The van der Waals surface area contributed by atoms with Crippen LogP contribution in [0.5, 0.6) is 0 Å². The van der Waals surface area contributed by atoms with Gasteiger partial charge >= 0.3 is 0 Å². The monoisotopic (exact) mass is 356 g/mol. The maximum absolute atomic E-state index is 12.6. The molecule has 1 saturated carbocycles. The van der Waals surface area contributed by atoms with E-state index in [1.165, 1.54) is 0 Å². The number of nitrogens with one attached hydrogen (secondary N) is 2. The Hall–Kier alpha value is -1.92. The van der Waals surface area contributed by atoms with Crippen LogP contribution < -0.4 is 16.4 Å². The summed E-state index contributed by atoms with van der Waals surface area (Å²) >= 11 is 0. The molecule has 6 nitrogen and oxygen atoms in total. The van der Waals surface area contributed by atoms with Gasteiger partial charge in [-0.1, -0.05) is 12.1 Å². The summed E-state index contributed by atoms with van der Waals surface area (Å²) in [6.07, 6.45) is 5.07. The average molecular weight is 356 g/mol. The molecule has 0 bridgehead atoms. The van der Waals surface area contributed by atoms with Crippen molar-refractivity contribution in [2.24, 2.45) is 17.1 Å². The third kappa shape index (κ3) is 3.48. The zero-order chi connectivity index (χ0) is 18.1. The Bertz CT molecular complexity index is 699. The topological polar surface area (TPSA) is 87.5 Å². The summed E-state index contributed by atoms with van der Waals surface area (Å²) in [5, 5.41) is 6.48. The molecule has 2 saturated heterocycles. The highest BCUT2D eigenvalue weighted by Crippen LogP contribution is 2.58. The third-order valence-corrected chi connectivity index (χ3v) is 6.38. The lowest BCUT2D eigenvalue weighted by Gasteiger charge is -2.23. The Labute approximate surface area is 154 Å². The van der Waals surface area contributed by atoms with Gasteiger partial charge in [0.15, 0.2) is 0 Å². The van der Waals surface area contributed by atoms with Crippen LogP contribution in [0.3, 0.4) is 0 Å². The van der Waals surface area contributed by atoms with E-state index in [4.69, 9.17) is 5.73 Å². The fraction of sp³-hybridized carbons (Fsp3) is 0.600. The number of carbonyl (C=O) groups is 2. The molecule has 3 fully saturated rings. The van der Waals surface area contributed by atoms with E-state index in [-0.39, 0.29) is 29.2 Å². The third-order valence-electron chi connectivity index (χ3n) is 6.38. The van der Waals surface area contributed by atoms with Gasteiger partial charge in [0, 0.05) is 18.2 Å². The van der Waals surface area contributed by atoms with Crippen molar-refractivity contribution in [2.75, 3.05) is 25.0 Å². The molecule has 2 aliphatic heterocycles. The van der Waals surface area contributed by atoms with Crippen LogP contribution in [0.1, 0.15) is 37.7 Å². The Morgan fingerprint density at radius 2 is 2.12 bits per heavy atom. The number of benzene rings is 1. The lowest BCUT2D eigenvalue weighted by atomic mass is 9.92. The van der Waals surface area contributed by atoms with Gasteiger partial charge in [0.2, 0.25) is 11.8 Å². The standard InChI is InChI=1S/C20H28N4O2/c21-18(25)17-5-2-10-24(17)13-14-3-1-4-15(11-14)23-19(26)16-12-20(16)6-8-22-9-7-20/h1,3-4,11,16-17,22H,2,5-10,12-13H2,(H2,21,25)(H,23,26). The second kappa shape index (κ2) is 7.00. The molecule has 2 unspecified atom stereocenters. The predicted molar refractivity (Wildman–Crippen MR) is 100 cm³/mol. The maximum Gasteiger partial charge on any atom is 0.234 e. The quantitative estimate of drug-likeness (QED) is 0.745. The number of amides is 2. The molecule has 2 heterocycles. The number of hydrogen-bond acceptors (Lipinski definition) is 4. The molecule has 1 aliphatic carbocycles. The minimum atomic E-state index is -0.243. The lowest BCUT2D eigenvalue weighted by Crippen LogP contribution is -2.39. The first-order valence-corrected chi connectivity index (χ1v) is 9.71. The van der Waals surface area contributed by atoms with Gasteiger partial charge in [-0.15, -0.1) is 0 Å². The fourth-order valence-corrected chi connectivity index (χ4v) is 4.74. The van der Waals surface area contributed by atoms with Crippen LogP contribution in [-0.2, 0) is 16.1 Å². The number of anilines is 1. The van der Waals surface area contributed by atoms with E-state index in [1.807, 2.05) is 24.3 Å². The molecule has 4 N–H and O–H groups in total. The van der Waals surface area contributed by atoms with Crippen LogP contribution in [0.15, 0.2) is 24.3 Å². The maximum atomic E-state index is 12.6. The number of likely N-dealkylation sites (tertiary alicyclic amines) is 1. The van der Waals surface area contributed by atoms with E-state index in [2.05, 4.69) is 15.5 Å². The highest BCUT2D eigenvalue weighted by Gasteiger charge is 2.57. The molecule has 1 spiro atoms. The molecule has 140 valence electrons. The van der Waals surface area contributed by atoms with Crippen molar-refractivity contribution in [3.8, 4) is 0 Å². The molecule has 4 rings (SSSR count). The smallest absolute Gasteiger partial charge is 0.234 e. The molecule has 1 aromatic carbocycles. The van der Waals surface area contributed by atoms with Crippen LogP contribution in [0.25, 0.3) is 0 Å². The van der Waals surface area contributed by atoms with Gasteiger partial charge in [-0.3, -0.25) is 14.5 Å². The van der Waals surface area contributed by atoms with Crippen molar-refractivity contribution in [1.29, 1.82) is 0 Å². The van der Waals surface area contributed by atoms with Crippen molar-refractivity contribution >= 4 is 17.5 Å². The van der Waals surface area contributed by atoms with Gasteiger partial charge in [-0.2, -0.15) is 0 Å². The zero-order valence-corrected chi connectivity index (χ0v) is 15.2. The van der Waals surface area contributed by atoms with Crippen molar-refractivity contribution in [2.45, 2.75) is 44.7 Å². The summed E-state index contributed by atoms with van der Waals surface area (Å²) in [5.74, 6) is 0.0688. The molecule has 0 aromatic heterocycles. The summed E-state index contributed by atoms with van der Waals surface area (Å²) in [5.41, 5.74) is 7.70. The Balaban J connectivity index is 1.37. The van der Waals surface area contributed by atoms with Crippen molar-refractivity contribution in [3.05, 3.63) is 29.8 Å². The van der Waals surface area contributed by atoms with E-state index in [0.717, 1.165) is 63.0 Å². The Morgan fingerprint density at radius 3 is 2.88 bits per heavy atom. The van der Waals surface area contributed by atoms with Gasteiger partial charge < -0.3 is 16.4 Å². The number of carbonyl (C=O) groups excluding carboxylic acids is 2. The largest absolute Gasteiger partial charge is 0.368 e. The van der Waals surface area contributed by atoms with Gasteiger partial charge in [0.25, 0.3) is 0 Å². The summed E-state index contributed by atoms with van der Waals surface area (Å²) in [6, 6.07) is 7.80. The Kier molecular flexibility index (Phi) is 4.71. The number of nitrogens with zero attached hydrogens (tertiary/aromatic N) is 1. The molecular weight excluding hydrogens is 328 g/mol. The number of rotatable bonds is 5. The van der Waals surface area contributed by atoms with E-state index in [0.29, 0.717) is 6.54 Å². The number of primary amides is 1. The minimum Gasteiger partial charge on any atom is -0.368 e. The fourth-order valence-electron chi connectivity index (χ4n) is 4.74. The van der Waals surface area contributed by atoms with Gasteiger partial charge in [-0.05, 0) is 74.8 Å². The SMILES string of the molecule is NC(=O)C1CCCN1Cc1cccc(NC(=O)C2CC23CCNCC3)c1. The summed E-state index contributed by atoms with van der Waals surface area (Å²) < 4.78 is 0. The molecule has 3 aliphatic rings. The molecule has 2 amide bonds. The van der Waals surface area contributed by atoms with Gasteiger partial charge in [0.05, 0.1) is 6.04 Å². The number of piperidine rings is 1. The van der Waals surface area contributed by atoms with Crippen LogP contribution in [0, 0.1) is 11.3 Å². The van der Waals surface area contributed by atoms with E-state index in [1.54, 1.807) is 0 Å². The van der Waals surface area contributed by atoms with Crippen LogP contribution >= 0.6 is 0 Å². The van der Waals surface area contributed by atoms with Crippen LogP contribution in [0.4, 0.5) is 5.69 Å². The first-order chi connectivity index (χ1) is 12.6. The summed E-state index contributed by atoms with van der Waals surface area (Å²) in [7, 11) is 0. The first-order valence-electron chi connectivity index (χ1n) is 9.71. The first kappa shape index (κ1) is 17.5. The van der Waals surface area contributed by atoms with Crippen molar-refractivity contribution in [3.63, 3.8) is 0 Å². The average Bonchev–Trinajstić information content (AvgIpc) is 3.10. The van der Waals surface area contributed by atoms with Crippen LogP contribution in [-0.4, -0.2) is 42.4 Å². The lowest BCUT2D eigenvalue weighted by molar-refractivity contribution is -0.122. The van der Waals surface area contributed by atoms with Gasteiger partial charge in [0.1, 0.15) is 0 Å². The summed E-state index contributed by atoms with van der Waals surface area (Å²) in [6.45, 7) is 3.63. The van der Waals surface area contributed by atoms with E-state index >= 15 is 0 Å². The molecule has 6 heteroatoms.